The van der Waals surface area contributed by atoms with Gasteiger partial charge in [0.05, 0.1) is 17.3 Å². The summed E-state index contributed by atoms with van der Waals surface area (Å²) in [5.74, 6) is -0.452. The van der Waals surface area contributed by atoms with E-state index in [4.69, 9.17) is 0 Å². The van der Waals surface area contributed by atoms with E-state index in [1.807, 2.05) is 6.07 Å². The van der Waals surface area contributed by atoms with E-state index in [2.05, 4.69) is 30.7 Å². The molecule has 1 saturated carbocycles. The molecular formula is C25H22FN7O2. The molecule has 1 aliphatic heterocycles. The van der Waals surface area contributed by atoms with Gasteiger partial charge in [0.25, 0.3) is 5.91 Å². The van der Waals surface area contributed by atoms with Crippen LogP contribution in [-0.2, 0) is 16.8 Å². The largest absolute Gasteiger partial charge is 0.348 e. The average Bonchev–Trinajstić information content (AvgIpc) is 3.53. The van der Waals surface area contributed by atoms with Crippen LogP contribution < -0.4 is 10.6 Å². The lowest BCUT2D eigenvalue weighted by Crippen LogP contribution is -2.32. The number of halogens is 1. The second kappa shape index (κ2) is 7.66. The number of nitrogens with one attached hydrogen (secondary N) is 2. The summed E-state index contributed by atoms with van der Waals surface area (Å²) in [6, 6.07) is 10.2. The van der Waals surface area contributed by atoms with Gasteiger partial charge in [-0.1, -0.05) is 18.2 Å². The molecule has 35 heavy (non-hydrogen) atoms. The number of carbonyl (C=O) groups excluding carboxylic acids is 2. The van der Waals surface area contributed by atoms with Gasteiger partial charge in [0, 0.05) is 23.4 Å². The molecule has 4 heterocycles. The third-order valence-electron chi connectivity index (χ3n) is 6.46. The molecule has 6 rings (SSSR count). The highest BCUT2D eigenvalue weighted by atomic mass is 19.1. The molecule has 0 bridgehead atoms. The highest BCUT2D eigenvalue weighted by molar-refractivity contribution is 6.09. The highest BCUT2D eigenvalue weighted by Gasteiger charge is 2.44. The Morgan fingerprint density at radius 1 is 1.20 bits per heavy atom. The molecular weight excluding hydrogens is 449 g/mol. The standard InChI is InChI=1S/C25H22FN7O2/c1-25(2)17-19(23(34)28-14-9-10-14)29-21(30-20(17)31-24(25)35)18-15-7-5-11-27-22(15)33(32-18)12-13-6-3-4-8-16(13)26/h3-8,11,14H,9-10,12H2,1-2H3,(H,28,34)(H,29,30,31,35). The third kappa shape index (κ3) is 3.52. The van der Waals surface area contributed by atoms with E-state index in [1.165, 1.54) is 6.07 Å². The molecule has 2 aliphatic rings. The first-order valence-corrected chi connectivity index (χ1v) is 11.4. The number of rotatable bonds is 5. The Labute approximate surface area is 199 Å². The molecule has 9 nitrogen and oxygen atoms in total. The minimum absolute atomic E-state index is 0.120. The van der Waals surface area contributed by atoms with Crippen LogP contribution in [0.15, 0.2) is 42.6 Å². The monoisotopic (exact) mass is 471 g/mol. The zero-order valence-corrected chi connectivity index (χ0v) is 19.2. The van der Waals surface area contributed by atoms with Crippen molar-refractivity contribution in [2.45, 2.75) is 44.7 Å². The van der Waals surface area contributed by atoms with Gasteiger partial charge >= 0.3 is 0 Å². The van der Waals surface area contributed by atoms with Crippen molar-refractivity contribution < 1.29 is 14.0 Å². The minimum atomic E-state index is -0.960. The SMILES string of the molecule is CC1(C)C(=O)Nc2nc(-c3nn(Cc4ccccc4F)c4ncccc34)nc(C(=O)NC3CC3)c21. The van der Waals surface area contributed by atoms with Gasteiger partial charge in [0.2, 0.25) is 5.91 Å². The Hall–Kier alpha value is -4.21. The molecule has 1 aliphatic carbocycles. The predicted molar refractivity (Wildman–Crippen MR) is 126 cm³/mol. The van der Waals surface area contributed by atoms with Crippen molar-refractivity contribution in [3.8, 4) is 11.5 Å². The summed E-state index contributed by atoms with van der Waals surface area (Å²) in [7, 11) is 0. The molecule has 0 unspecified atom stereocenters. The van der Waals surface area contributed by atoms with Crippen LogP contribution in [0.4, 0.5) is 10.2 Å². The lowest BCUT2D eigenvalue weighted by atomic mass is 9.85. The zero-order valence-electron chi connectivity index (χ0n) is 19.2. The highest BCUT2D eigenvalue weighted by Crippen LogP contribution is 2.40. The van der Waals surface area contributed by atoms with Gasteiger partial charge in [0.15, 0.2) is 11.5 Å². The number of hydrogen-bond donors (Lipinski definition) is 2. The molecule has 0 spiro atoms. The molecule has 176 valence electrons. The van der Waals surface area contributed by atoms with Crippen LogP contribution in [0.2, 0.25) is 0 Å². The Morgan fingerprint density at radius 3 is 2.77 bits per heavy atom. The first-order chi connectivity index (χ1) is 16.8. The number of amides is 2. The van der Waals surface area contributed by atoms with Crippen LogP contribution in [0.1, 0.15) is 48.3 Å². The minimum Gasteiger partial charge on any atom is -0.348 e. The first-order valence-electron chi connectivity index (χ1n) is 11.4. The maximum absolute atomic E-state index is 14.3. The number of fused-ring (bicyclic) bond motifs is 2. The second-order valence-electron chi connectivity index (χ2n) is 9.42. The Balaban J connectivity index is 1.51. The average molecular weight is 471 g/mol. The number of aromatic nitrogens is 5. The summed E-state index contributed by atoms with van der Waals surface area (Å²) in [4.78, 5) is 39.5. The Morgan fingerprint density at radius 2 is 2.00 bits per heavy atom. The van der Waals surface area contributed by atoms with Gasteiger partial charge in [-0.3, -0.25) is 9.59 Å². The molecule has 0 radical (unpaired) electrons. The van der Waals surface area contributed by atoms with Crippen molar-refractivity contribution in [1.29, 1.82) is 0 Å². The van der Waals surface area contributed by atoms with Crippen LogP contribution in [0.25, 0.3) is 22.6 Å². The summed E-state index contributed by atoms with van der Waals surface area (Å²) in [5, 5.41) is 11.1. The van der Waals surface area contributed by atoms with E-state index < -0.39 is 5.41 Å². The number of benzene rings is 1. The lowest BCUT2D eigenvalue weighted by molar-refractivity contribution is -0.119. The molecule has 1 fully saturated rings. The lowest BCUT2D eigenvalue weighted by Gasteiger charge is -2.18. The van der Waals surface area contributed by atoms with Crippen molar-refractivity contribution in [3.63, 3.8) is 0 Å². The van der Waals surface area contributed by atoms with E-state index >= 15 is 0 Å². The summed E-state index contributed by atoms with van der Waals surface area (Å²) in [6.45, 7) is 3.64. The normalized spacial score (nSPS) is 16.3. The number of hydrogen-bond acceptors (Lipinski definition) is 6. The third-order valence-corrected chi connectivity index (χ3v) is 6.46. The molecule has 0 atom stereocenters. The number of nitrogens with zero attached hydrogens (tertiary/aromatic N) is 5. The molecule has 2 amide bonds. The fourth-order valence-corrected chi connectivity index (χ4v) is 4.34. The van der Waals surface area contributed by atoms with E-state index in [0.29, 0.717) is 33.7 Å². The van der Waals surface area contributed by atoms with E-state index in [1.54, 1.807) is 49.0 Å². The predicted octanol–water partition coefficient (Wildman–Crippen LogP) is 3.20. The van der Waals surface area contributed by atoms with Crippen LogP contribution in [0, 0.1) is 5.82 Å². The Bertz CT molecular complexity index is 1520. The summed E-state index contributed by atoms with van der Waals surface area (Å²) >= 11 is 0. The molecule has 1 aromatic carbocycles. The van der Waals surface area contributed by atoms with Crippen LogP contribution in [0.3, 0.4) is 0 Å². The van der Waals surface area contributed by atoms with Crippen LogP contribution in [0.5, 0.6) is 0 Å². The maximum Gasteiger partial charge on any atom is 0.270 e. The van der Waals surface area contributed by atoms with Crippen molar-refractivity contribution >= 4 is 28.7 Å². The van der Waals surface area contributed by atoms with E-state index in [-0.39, 0.29) is 41.7 Å². The summed E-state index contributed by atoms with van der Waals surface area (Å²) in [6.07, 6.45) is 3.47. The number of carbonyl (C=O) groups is 2. The van der Waals surface area contributed by atoms with Crippen LogP contribution >= 0.6 is 0 Å². The van der Waals surface area contributed by atoms with Gasteiger partial charge in [-0.15, -0.1) is 0 Å². The molecule has 2 N–H and O–H groups in total. The topological polar surface area (TPSA) is 115 Å². The number of pyridine rings is 1. The van der Waals surface area contributed by atoms with Gasteiger partial charge in [-0.25, -0.2) is 24.0 Å². The van der Waals surface area contributed by atoms with Gasteiger partial charge in [-0.2, -0.15) is 5.10 Å². The van der Waals surface area contributed by atoms with Crippen molar-refractivity contribution in [2.75, 3.05) is 5.32 Å². The zero-order chi connectivity index (χ0) is 24.3. The van der Waals surface area contributed by atoms with E-state index in [9.17, 15) is 14.0 Å². The smallest absolute Gasteiger partial charge is 0.270 e. The van der Waals surface area contributed by atoms with Crippen molar-refractivity contribution in [1.82, 2.24) is 30.0 Å². The Kier molecular flexibility index (Phi) is 4.67. The second-order valence-corrected chi connectivity index (χ2v) is 9.42. The number of anilines is 1. The quantitative estimate of drug-likeness (QED) is 0.462. The molecule has 10 heteroatoms. The summed E-state index contributed by atoms with van der Waals surface area (Å²) < 4.78 is 15.9. The van der Waals surface area contributed by atoms with Crippen molar-refractivity contribution in [3.05, 3.63) is 65.2 Å². The maximum atomic E-state index is 14.3. The van der Waals surface area contributed by atoms with Gasteiger partial charge < -0.3 is 10.6 Å². The van der Waals surface area contributed by atoms with Gasteiger partial charge in [0.1, 0.15) is 23.0 Å². The summed E-state index contributed by atoms with van der Waals surface area (Å²) in [5.41, 5.74) is 1.05. The fourth-order valence-electron chi connectivity index (χ4n) is 4.34. The first kappa shape index (κ1) is 21.3. The molecule has 0 saturated heterocycles. The van der Waals surface area contributed by atoms with Crippen LogP contribution in [-0.4, -0.2) is 42.6 Å². The molecule has 3 aromatic heterocycles. The fraction of sp³-hybridized carbons (Fsp3) is 0.280. The van der Waals surface area contributed by atoms with Crippen molar-refractivity contribution in [2.24, 2.45) is 0 Å². The van der Waals surface area contributed by atoms with Gasteiger partial charge in [-0.05, 0) is 44.9 Å². The van der Waals surface area contributed by atoms with E-state index in [0.717, 1.165) is 12.8 Å². The molecule has 4 aromatic rings.